The molecule has 98 valence electrons. The molecule has 0 atom stereocenters. The third kappa shape index (κ3) is 1.73. The largest absolute Gasteiger partial charge is 0.380 e. The van der Waals surface area contributed by atoms with Crippen molar-refractivity contribution in [2.24, 2.45) is 0 Å². The monoisotopic (exact) mass is 262 g/mol. The highest BCUT2D eigenvalue weighted by atomic mass is 15.1. The predicted octanol–water partition coefficient (Wildman–Crippen LogP) is 3.66. The standard InChI is InChI=1S/C16H14N4/c1-3-11-7-8-17-16(11)12(4-1)9-18-14-5-2-6-15-13(14)10-19-20-15/h1-8,10,17-18H,9H2,(H,19,20). The molecule has 0 saturated carbocycles. The van der Waals surface area contributed by atoms with Gasteiger partial charge in [-0.3, -0.25) is 5.10 Å². The molecule has 4 rings (SSSR count). The van der Waals surface area contributed by atoms with Crippen molar-refractivity contribution < 1.29 is 0 Å². The van der Waals surface area contributed by atoms with Crippen LogP contribution in [0.2, 0.25) is 0 Å². The maximum atomic E-state index is 4.09. The normalized spacial score (nSPS) is 11.2. The fraction of sp³-hybridized carbons (Fsp3) is 0.0625. The first-order chi connectivity index (χ1) is 9.92. The lowest BCUT2D eigenvalue weighted by Gasteiger charge is -2.08. The fourth-order valence-electron chi connectivity index (χ4n) is 2.61. The molecule has 4 nitrogen and oxygen atoms in total. The summed E-state index contributed by atoms with van der Waals surface area (Å²) < 4.78 is 0. The van der Waals surface area contributed by atoms with Crippen LogP contribution in [-0.4, -0.2) is 15.2 Å². The van der Waals surface area contributed by atoms with Gasteiger partial charge in [0.1, 0.15) is 0 Å². The number of para-hydroxylation sites is 1. The highest BCUT2D eigenvalue weighted by molar-refractivity contribution is 5.91. The Kier molecular flexibility index (Phi) is 2.45. The first-order valence-electron chi connectivity index (χ1n) is 6.63. The van der Waals surface area contributed by atoms with Crippen LogP contribution in [0.25, 0.3) is 21.8 Å². The van der Waals surface area contributed by atoms with E-state index in [0.717, 1.165) is 23.1 Å². The molecule has 0 aliphatic rings. The molecule has 0 fully saturated rings. The number of nitrogens with zero attached hydrogens (tertiary/aromatic N) is 1. The van der Waals surface area contributed by atoms with Crippen LogP contribution < -0.4 is 5.32 Å². The van der Waals surface area contributed by atoms with E-state index in [4.69, 9.17) is 0 Å². The van der Waals surface area contributed by atoms with Crippen LogP contribution in [-0.2, 0) is 6.54 Å². The first-order valence-corrected chi connectivity index (χ1v) is 6.63. The molecule has 3 N–H and O–H groups in total. The maximum Gasteiger partial charge on any atom is 0.0671 e. The zero-order valence-corrected chi connectivity index (χ0v) is 10.9. The Hall–Kier alpha value is -2.75. The Labute approximate surface area is 115 Å². The Morgan fingerprint density at radius 1 is 1.05 bits per heavy atom. The number of rotatable bonds is 3. The van der Waals surface area contributed by atoms with Gasteiger partial charge >= 0.3 is 0 Å². The highest BCUT2D eigenvalue weighted by Gasteiger charge is 2.04. The van der Waals surface area contributed by atoms with Crippen LogP contribution in [0.3, 0.4) is 0 Å². The predicted molar refractivity (Wildman–Crippen MR) is 81.7 cm³/mol. The van der Waals surface area contributed by atoms with Crippen LogP contribution in [0, 0.1) is 0 Å². The second-order valence-corrected chi connectivity index (χ2v) is 4.85. The Morgan fingerprint density at radius 2 is 2.00 bits per heavy atom. The molecule has 4 aromatic rings. The van der Waals surface area contributed by atoms with Gasteiger partial charge in [-0.05, 0) is 29.1 Å². The van der Waals surface area contributed by atoms with Gasteiger partial charge in [-0.2, -0.15) is 5.10 Å². The van der Waals surface area contributed by atoms with Gasteiger partial charge in [-0.15, -0.1) is 0 Å². The minimum absolute atomic E-state index is 0.780. The van der Waals surface area contributed by atoms with Gasteiger partial charge in [0.15, 0.2) is 0 Å². The molecule has 0 unspecified atom stereocenters. The van der Waals surface area contributed by atoms with Crippen molar-refractivity contribution in [3.05, 3.63) is 60.4 Å². The second-order valence-electron chi connectivity index (χ2n) is 4.85. The molecule has 2 aromatic heterocycles. The number of aromatic nitrogens is 3. The molecule has 4 heteroatoms. The molecule has 0 bridgehead atoms. The van der Waals surface area contributed by atoms with Crippen molar-refractivity contribution in [1.82, 2.24) is 15.2 Å². The molecule has 20 heavy (non-hydrogen) atoms. The molecule has 0 radical (unpaired) electrons. The van der Waals surface area contributed by atoms with Crippen LogP contribution in [0.5, 0.6) is 0 Å². The van der Waals surface area contributed by atoms with E-state index < -0.39 is 0 Å². The quantitative estimate of drug-likeness (QED) is 0.528. The summed E-state index contributed by atoms with van der Waals surface area (Å²) in [6.45, 7) is 0.780. The van der Waals surface area contributed by atoms with E-state index in [2.05, 4.69) is 50.8 Å². The molecule has 0 amide bonds. The van der Waals surface area contributed by atoms with Gasteiger partial charge in [0.2, 0.25) is 0 Å². The molecular weight excluding hydrogens is 248 g/mol. The van der Waals surface area contributed by atoms with Crippen molar-refractivity contribution in [3.63, 3.8) is 0 Å². The van der Waals surface area contributed by atoms with Crippen LogP contribution in [0.15, 0.2) is 54.9 Å². The maximum absolute atomic E-state index is 4.09. The zero-order valence-electron chi connectivity index (χ0n) is 10.9. The molecular formula is C16H14N4. The third-order valence-electron chi connectivity index (χ3n) is 3.63. The average Bonchev–Trinajstić information content (AvgIpc) is 3.13. The number of hydrogen-bond donors (Lipinski definition) is 3. The highest BCUT2D eigenvalue weighted by Crippen LogP contribution is 2.23. The lowest BCUT2D eigenvalue weighted by Crippen LogP contribution is -2.00. The van der Waals surface area contributed by atoms with E-state index in [1.165, 1.54) is 16.5 Å². The summed E-state index contributed by atoms with van der Waals surface area (Å²) in [5.74, 6) is 0. The van der Waals surface area contributed by atoms with Crippen LogP contribution >= 0.6 is 0 Å². The molecule has 2 aromatic carbocycles. The minimum Gasteiger partial charge on any atom is -0.380 e. The van der Waals surface area contributed by atoms with E-state index in [1.54, 1.807) is 0 Å². The first kappa shape index (κ1) is 11.1. The number of fused-ring (bicyclic) bond motifs is 2. The molecule has 0 aliphatic carbocycles. The van der Waals surface area contributed by atoms with E-state index in [0.29, 0.717) is 0 Å². The van der Waals surface area contributed by atoms with Gasteiger partial charge in [0.25, 0.3) is 0 Å². The summed E-state index contributed by atoms with van der Waals surface area (Å²) in [4.78, 5) is 3.30. The average molecular weight is 262 g/mol. The van der Waals surface area contributed by atoms with Crippen molar-refractivity contribution >= 4 is 27.5 Å². The summed E-state index contributed by atoms with van der Waals surface area (Å²) in [7, 11) is 0. The Morgan fingerprint density at radius 3 is 3.00 bits per heavy atom. The SMILES string of the molecule is c1cc(CNc2cccc3[nH]ncc23)c2[nH]ccc2c1. The van der Waals surface area contributed by atoms with Crippen LogP contribution in [0.1, 0.15) is 5.56 Å². The van der Waals surface area contributed by atoms with Gasteiger partial charge in [-0.25, -0.2) is 0 Å². The molecule has 0 spiro atoms. The number of H-pyrrole nitrogens is 2. The smallest absolute Gasteiger partial charge is 0.0671 e. The van der Waals surface area contributed by atoms with Crippen molar-refractivity contribution in [3.8, 4) is 0 Å². The number of nitrogens with one attached hydrogen (secondary N) is 3. The van der Waals surface area contributed by atoms with E-state index in [1.807, 2.05) is 24.5 Å². The van der Waals surface area contributed by atoms with Gasteiger partial charge in [0, 0.05) is 23.8 Å². The van der Waals surface area contributed by atoms with Crippen molar-refractivity contribution in [2.75, 3.05) is 5.32 Å². The summed E-state index contributed by atoms with van der Waals surface area (Å²) in [5, 5.41) is 12.9. The van der Waals surface area contributed by atoms with E-state index in [-0.39, 0.29) is 0 Å². The molecule has 0 saturated heterocycles. The number of anilines is 1. The summed E-state index contributed by atoms with van der Waals surface area (Å²) in [5.41, 5.74) is 4.60. The number of hydrogen-bond acceptors (Lipinski definition) is 2. The number of benzene rings is 2. The second kappa shape index (κ2) is 4.42. The lowest BCUT2D eigenvalue weighted by molar-refractivity contribution is 1.12. The Balaban J connectivity index is 1.67. The summed E-state index contributed by atoms with van der Waals surface area (Å²) >= 11 is 0. The summed E-state index contributed by atoms with van der Waals surface area (Å²) in [6, 6.07) is 14.6. The van der Waals surface area contributed by atoms with Gasteiger partial charge < -0.3 is 10.3 Å². The van der Waals surface area contributed by atoms with Gasteiger partial charge in [0.05, 0.1) is 17.2 Å². The number of aromatic amines is 2. The van der Waals surface area contributed by atoms with Crippen LogP contribution in [0.4, 0.5) is 5.69 Å². The zero-order chi connectivity index (χ0) is 13.4. The van der Waals surface area contributed by atoms with Crippen molar-refractivity contribution in [1.29, 1.82) is 0 Å². The van der Waals surface area contributed by atoms with Gasteiger partial charge in [-0.1, -0.05) is 24.3 Å². The van der Waals surface area contributed by atoms with E-state index >= 15 is 0 Å². The van der Waals surface area contributed by atoms with E-state index in [9.17, 15) is 0 Å². The Bertz CT molecular complexity index is 798. The lowest BCUT2D eigenvalue weighted by atomic mass is 10.1. The molecule has 2 heterocycles. The summed E-state index contributed by atoms with van der Waals surface area (Å²) in [6.07, 6.45) is 3.83. The minimum atomic E-state index is 0.780. The topological polar surface area (TPSA) is 56.5 Å². The fourth-order valence-corrected chi connectivity index (χ4v) is 2.61. The van der Waals surface area contributed by atoms with Crippen molar-refractivity contribution in [2.45, 2.75) is 6.54 Å². The third-order valence-corrected chi connectivity index (χ3v) is 3.63. The molecule has 0 aliphatic heterocycles.